The average Bonchev–Trinajstić information content (AvgIpc) is 3.17. The Labute approximate surface area is 338 Å². The Morgan fingerprint density at radius 3 is 1.24 bits per heavy atom. The number of aliphatic hydroxyl groups excluding tert-OH is 1. The molecule has 0 rings (SSSR count). The van der Waals surface area contributed by atoms with Gasteiger partial charge in [-0.3, -0.25) is 19.4 Å². The fourth-order valence-electron chi connectivity index (χ4n) is 7.15. The second-order valence-electron chi connectivity index (χ2n) is 16.0. The van der Waals surface area contributed by atoms with E-state index in [0.717, 1.165) is 38.5 Å². The normalized spacial score (nSPS) is 11.4. The van der Waals surface area contributed by atoms with Gasteiger partial charge in [0, 0.05) is 13.2 Å². The van der Waals surface area contributed by atoms with E-state index in [0.29, 0.717) is 52.2 Å². The molecule has 0 radical (unpaired) electrons. The number of carboxylic acids is 1. The molecule has 55 heavy (non-hydrogen) atoms. The molecule has 0 spiro atoms. The third kappa shape index (κ3) is 40.1. The van der Waals surface area contributed by atoms with Gasteiger partial charge in [-0.05, 0) is 45.2 Å². The molecule has 2 N–H and O–H groups in total. The van der Waals surface area contributed by atoms with Crippen LogP contribution in [0.4, 0.5) is 0 Å². The van der Waals surface area contributed by atoms with Gasteiger partial charge in [0.25, 0.3) is 0 Å². The molecule has 0 aliphatic heterocycles. The summed E-state index contributed by atoms with van der Waals surface area (Å²) in [4.78, 5) is 39.5. The zero-order chi connectivity index (χ0) is 40.3. The van der Waals surface area contributed by atoms with Crippen LogP contribution >= 0.6 is 0 Å². The van der Waals surface area contributed by atoms with E-state index in [-0.39, 0.29) is 31.4 Å². The summed E-state index contributed by atoms with van der Waals surface area (Å²) in [5.74, 6) is 0.878. The predicted octanol–water partition coefficient (Wildman–Crippen LogP) is 11.1. The van der Waals surface area contributed by atoms with Crippen molar-refractivity contribution in [2.24, 2.45) is 0 Å². The van der Waals surface area contributed by atoms with Crippen LogP contribution in [0.3, 0.4) is 0 Å². The first-order valence-electron chi connectivity index (χ1n) is 23.3. The molecular formula is C46H88N2O7. The number of hydrogen-bond donors (Lipinski definition) is 2. The number of carbonyl (C=O) groups excluding carboxylic acids is 2. The van der Waals surface area contributed by atoms with Crippen LogP contribution in [0, 0.1) is 0 Å². The number of aliphatic carboxylic acids is 1. The number of nitrogens with zero attached hydrogens (tertiary/aromatic N) is 2. The van der Waals surface area contributed by atoms with Crippen molar-refractivity contribution in [3.8, 4) is 0 Å². The maximum atomic E-state index is 12.6. The monoisotopic (exact) mass is 781 g/mol. The van der Waals surface area contributed by atoms with Crippen LogP contribution in [0.5, 0.6) is 0 Å². The molecule has 0 aromatic carbocycles. The minimum Gasteiger partial charge on any atom is -0.485 e. The quantitative estimate of drug-likeness (QED) is 0.0269. The largest absolute Gasteiger partial charge is 0.485 e. The van der Waals surface area contributed by atoms with Crippen molar-refractivity contribution in [1.82, 2.24) is 9.80 Å². The molecular weight excluding hydrogens is 693 g/mol. The van der Waals surface area contributed by atoms with Crippen molar-refractivity contribution in [3.05, 3.63) is 5.76 Å². The highest BCUT2D eigenvalue weighted by molar-refractivity contribution is 5.74. The summed E-state index contributed by atoms with van der Waals surface area (Å²) in [6.07, 6.45) is 37.9. The molecule has 0 aromatic heterocycles. The van der Waals surface area contributed by atoms with E-state index in [4.69, 9.17) is 9.47 Å². The standard InChI is InChI=1S/C46H88N2O7/c1-3-5-7-9-11-13-14-15-16-17-18-19-20-21-22-24-26-28-32-39-55-46(53)42-48(41-45(51)52)36-33-35-47(34-29-30-37-49)40-44(43-50)54-38-31-27-25-23-12-10-8-6-4-2/h49H,3-42H2,1-2H3,(H,51,52). The second-order valence-corrected chi connectivity index (χ2v) is 16.0. The van der Waals surface area contributed by atoms with Crippen molar-refractivity contribution in [2.45, 2.75) is 213 Å². The summed E-state index contributed by atoms with van der Waals surface area (Å²) in [5, 5.41) is 18.7. The molecule has 0 aliphatic rings. The molecule has 0 saturated heterocycles. The van der Waals surface area contributed by atoms with Crippen molar-refractivity contribution in [2.75, 3.05) is 59.1 Å². The summed E-state index contributed by atoms with van der Waals surface area (Å²) in [7, 11) is 0. The number of ether oxygens (including phenoxy) is 2. The molecule has 0 aromatic rings. The molecule has 0 unspecified atom stereocenters. The van der Waals surface area contributed by atoms with Crippen molar-refractivity contribution in [3.63, 3.8) is 0 Å². The zero-order valence-corrected chi connectivity index (χ0v) is 36.1. The molecule has 0 aliphatic carbocycles. The summed E-state index contributed by atoms with van der Waals surface area (Å²) < 4.78 is 11.3. The van der Waals surface area contributed by atoms with E-state index < -0.39 is 5.97 Å². The Kier molecular flexibility index (Phi) is 41.7. The van der Waals surface area contributed by atoms with E-state index >= 15 is 0 Å². The SMILES string of the molecule is CCCCCCCCCCCCCCCCCCCCCOC(=O)CN(CCCN(CCCCO)CC(=C=O)OCCCCCCCCCCC)CC(=O)O. The van der Waals surface area contributed by atoms with Gasteiger partial charge in [-0.15, -0.1) is 0 Å². The van der Waals surface area contributed by atoms with Crippen LogP contribution in [0.1, 0.15) is 213 Å². The van der Waals surface area contributed by atoms with Gasteiger partial charge in [-0.2, -0.15) is 0 Å². The Morgan fingerprint density at radius 1 is 0.455 bits per heavy atom. The number of aliphatic hydroxyl groups is 1. The Morgan fingerprint density at radius 2 is 0.836 bits per heavy atom. The van der Waals surface area contributed by atoms with Gasteiger partial charge in [-0.1, -0.05) is 181 Å². The van der Waals surface area contributed by atoms with E-state index in [2.05, 4.69) is 18.7 Å². The Balaban J connectivity index is 4.16. The highest BCUT2D eigenvalue weighted by Gasteiger charge is 2.17. The van der Waals surface area contributed by atoms with Gasteiger partial charge in [0.05, 0.1) is 32.8 Å². The lowest BCUT2D eigenvalue weighted by molar-refractivity contribution is -0.146. The first-order valence-corrected chi connectivity index (χ1v) is 23.3. The summed E-state index contributed by atoms with van der Waals surface area (Å²) in [6, 6.07) is 0. The highest BCUT2D eigenvalue weighted by atomic mass is 16.5. The molecule has 0 bridgehead atoms. The summed E-state index contributed by atoms with van der Waals surface area (Å²) >= 11 is 0. The maximum absolute atomic E-state index is 12.6. The smallest absolute Gasteiger partial charge is 0.320 e. The van der Waals surface area contributed by atoms with Gasteiger partial charge in [0.2, 0.25) is 0 Å². The molecule has 0 fully saturated rings. The number of rotatable bonds is 45. The van der Waals surface area contributed by atoms with Crippen LogP contribution in [0.25, 0.3) is 0 Å². The van der Waals surface area contributed by atoms with Crippen molar-refractivity contribution >= 4 is 17.9 Å². The highest BCUT2D eigenvalue weighted by Crippen LogP contribution is 2.15. The average molecular weight is 781 g/mol. The molecule has 9 heteroatoms. The fraction of sp³-hybridized carbons (Fsp3) is 0.913. The lowest BCUT2D eigenvalue weighted by Crippen LogP contribution is -2.38. The Bertz CT molecular complexity index is 896. The van der Waals surface area contributed by atoms with Gasteiger partial charge >= 0.3 is 11.9 Å². The third-order valence-corrected chi connectivity index (χ3v) is 10.6. The van der Waals surface area contributed by atoms with E-state index in [1.54, 1.807) is 4.90 Å². The molecule has 0 amide bonds. The van der Waals surface area contributed by atoms with Crippen LogP contribution in [-0.4, -0.2) is 97.0 Å². The minimum atomic E-state index is -0.984. The molecule has 9 nitrogen and oxygen atoms in total. The first kappa shape index (κ1) is 53.1. The van der Waals surface area contributed by atoms with Crippen molar-refractivity contribution in [1.29, 1.82) is 0 Å². The van der Waals surface area contributed by atoms with Crippen molar-refractivity contribution < 1.29 is 34.1 Å². The predicted molar refractivity (Wildman–Crippen MR) is 228 cm³/mol. The maximum Gasteiger partial charge on any atom is 0.320 e. The summed E-state index contributed by atoms with van der Waals surface area (Å²) in [5.41, 5.74) is 0. The third-order valence-electron chi connectivity index (χ3n) is 10.6. The van der Waals surface area contributed by atoms with Crippen LogP contribution in [0.15, 0.2) is 5.76 Å². The number of carbonyl (C=O) groups is 2. The van der Waals surface area contributed by atoms with E-state index in [1.165, 1.54) is 148 Å². The number of esters is 1. The molecule has 324 valence electrons. The molecule has 0 atom stereocenters. The topological polar surface area (TPSA) is 117 Å². The zero-order valence-electron chi connectivity index (χ0n) is 36.1. The fourth-order valence-corrected chi connectivity index (χ4v) is 7.15. The van der Waals surface area contributed by atoms with Gasteiger partial charge in [0.15, 0.2) is 11.7 Å². The second kappa shape index (κ2) is 43.2. The number of hydrogen-bond acceptors (Lipinski definition) is 8. The molecule has 0 saturated carbocycles. The Hall–Kier alpha value is -1.93. The van der Waals surface area contributed by atoms with Gasteiger partial charge < -0.3 is 19.7 Å². The molecule has 0 heterocycles. The lowest BCUT2D eigenvalue weighted by atomic mass is 10.0. The van der Waals surface area contributed by atoms with Crippen LogP contribution in [-0.2, 0) is 23.9 Å². The number of carboxylic acid groups (broad SMARTS) is 1. The minimum absolute atomic E-state index is 0.0583. The van der Waals surface area contributed by atoms with E-state index in [9.17, 15) is 24.6 Å². The lowest BCUT2D eigenvalue weighted by Gasteiger charge is -2.25. The summed E-state index contributed by atoms with van der Waals surface area (Å²) in [6.45, 7) is 7.20. The van der Waals surface area contributed by atoms with E-state index in [1.807, 2.05) is 5.94 Å². The first-order chi connectivity index (χ1) is 27.0. The van der Waals surface area contributed by atoms with Crippen LogP contribution < -0.4 is 0 Å². The van der Waals surface area contributed by atoms with Gasteiger partial charge in [-0.25, -0.2) is 4.79 Å². The van der Waals surface area contributed by atoms with Gasteiger partial charge in [0.1, 0.15) is 0 Å². The number of unbranched alkanes of at least 4 members (excludes halogenated alkanes) is 27. The van der Waals surface area contributed by atoms with Crippen LogP contribution in [0.2, 0.25) is 0 Å².